The van der Waals surface area contributed by atoms with Crippen molar-refractivity contribution in [3.05, 3.63) is 34.4 Å². The number of ketones is 1. The summed E-state index contributed by atoms with van der Waals surface area (Å²) in [6.45, 7) is 12.1. The number of rotatable bonds is 10. The van der Waals surface area contributed by atoms with E-state index in [1.54, 1.807) is 0 Å². The number of carbonyl (C=O) groups excluding carboxylic acids is 1. The first kappa shape index (κ1) is 21.4. The Morgan fingerprint density at radius 2 is 1.60 bits per heavy atom. The van der Waals surface area contributed by atoms with E-state index < -0.39 is 11.4 Å². The molecule has 3 nitrogen and oxygen atoms in total. The van der Waals surface area contributed by atoms with Gasteiger partial charge in [0.1, 0.15) is 0 Å². The molecule has 3 heteroatoms. The summed E-state index contributed by atoms with van der Waals surface area (Å²) in [5.74, 6) is -0.0355. The Balaban J connectivity index is 2.59. The van der Waals surface area contributed by atoms with Gasteiger partial charge in [0.15, 0.2) is 5.78 Å². The number of hydrogen-bond acceptors (Lipinski definition) is 2. The van der Waals surface area contributed by atoms with Gasteiger partial charge in [-0.2, -0.15) is 0 Å². The minimum atomic E-state index is -0.718. The van der Waals surface area contributed by atoms with Crippen LogP contribution in [0.4, 0.5) is 0 Å². The van der Waals surface area contributed by atoms with Crippen molar-refractivity contribution in [2.24, 2.45) is 11.3 Å². The zero-order valence-corrected chi connectivity index (χ0v) is 16.7. The van der Waals surface area contributed by atoms with Gasteiger partial charge in [-0.25, -0.2) is 0 Å². The predicted octanol–water partition coefficient (Wildman–Crippen LogP) is 5.88. The van der Waals surface area contributed by atoms with Crippen molar-refractivity contribution in [3.8, 4) is 0 Å². The maximum atomic E-state index is 12.6. The van der Waals surface area contributed by atoms with Crippen LogP contribution in [0.25, 0.3) is 0 Å². The minimum Gasteiger partial charge on any atom is -0.481 e. The molecule has 1 atom stereocenters. The Morgan fingerprint density at radius 3 is 2.08 bits per heavy atom. The number of carbonyl (C=O) groups is 2. The Kier molecular flexibility index (Phi) is 7.85. The molecule has 0 saturated heterocycles. The second kappa shape index (κ2) is 9.17. The molecule has 0 aliphatic heterocycles. The molecule has 1 rings (SSSR count). The van der Waals surface area contributed by atoms with Gasteiger partial charge in [0.2, 0.25) is 0 Å². The van der Waals surface area contributed by atoms with Crippen LogP contribution in [0.15, 0.2) is 12.1 Å². The molecule has 0 aliphatic rings. The molecular formula is C22H34O3. The Labute approximate surface area is 152 Å². The molecule has 0 aromatic heterocycles. The lowest BCUT2D eigenvalue weighted by molar-refractivity contribution is -0.149. The highest BCUT2D eigenvalue weighted by Gasteiger charge is 2.32. The van der Waals surface area contributed by atoms with E-state index in [0.717, 1.165) is 36.0 Å². The SMILES string of the molecule is Cc1cc(C)c(C(=O)CCCCC(C)(CCC(C)C)C(=O)O)c(C)c1. The van der Waals surface area contributed by atoms with Crippen molar-refractivity contribution in [1.29, 1.82) is 0 Å². The van der Waals surface area contributed by atoms with E-state index in [9.17, 15) is 14.7 Å². The van der Waals surface area contributed by atoms with Crippen molar-refractivity contribution >= 4 is 11.8 Å². The highest BCUT2D eigenvalue weighted by molar-refractivity contribution is 5.98. The number of benzene rings is 1. The molecule has 0 aliphatic carbocycles. The van der Waals surface area contributed by atoms with Gasteiger partial charge in [0, 0.05) is 12.0 Å². The summed E-state index contributed by atoms with van der Waals surface area (Å²) in [4.78, 5) is 24.2. The fourth-order valence-corrected chi connectivity index (χ4v) is 3.49. The van der Waals surface area contributed by atoms with Crippen LogP contribution in [-0.2, 0) is 4.79 Å². The van der Waals surface area contributed by atoms with Crippen molar-refractivity contribution in [1.82, 2.24) is 0 Å². The fourth-order valence-electron chi connectivity index (χ4n) is 3.49. The Bertz CT molecular complexity index is 593. The molecule has 0 fully saturated rings. The molecule has 0 amide bonds. The zero-order chi connectivity index (χ0) is 19.2. The summed E-state index contributed by atoms with van der Waals surface area (Å²) in [6.07, 6.45) is 4.26. The molecule has 1 aromatic rings. The van der Waals surface area contributed by atoms with Gasteiger partial charge in [0.05, 0.1) is 5.41 Å². The lowest BCUT2D eigenvalue weighted by atomic mass is 9.79. The smallest absolute Gasteiger partial charge is 0.309 e. The highest BCUT2D eigenvalue weighted by Crippen LogP contribution is 2.32. The maximum absolute atomic E-state index is 12.6. The summed E-state index contributed by atoms with van der Waals surface area (Å²) >= 11 is 0. The molecule has 0 heterocycles. The Morgan fingerprint density at radius 1 is 1.04 bits per heavy atom. The number of unbranched alkanes of at least 4 members (excludes halogenated alkanes) is 1. The largest absolute Gasteiger partial charge is 0.481 e. The summed E-state index contributed by atoms with van der Waals surface area (Å²) in [5, 5.41) is 9.56. The van der Waals surface area contributed by atoms with Gasteiger partial charge >= 0.3 is 5.97 Å². The lowest BCUT2D eigenvalue weighted by Gasteiger charge is -2.25. The average molecular weight is 347 g/mol. The van der Waals surface area contributed by atoms with E-state index in [2.05, 4.69) is 13.8 Å². The third-order valence-electron chi connectivity index (χ3n) is 5.13. The van der Waals surface area contributed by atoms with Crippen molar-refractivity contribution in [3.63, 3.8) is 0 Å². The van der Waals surface area contributed by atoms with Gasteiger partial charge in [-0.1, -0.05) is 38.0 Å². The first-order valence-electron chi connectivity index (χ1n) is 9.41. The number of aryl methyl sites for hydroxylation is 3. The first-order chi connectivity index (χ1) is 11.6. The number of Topliss-reactive ketones (excluding diaryl/α,β-unsaturated/α-hetero) is 1. The van der Waals surface area contributed by atoms with E-state index in [4.69, 9.17) is 0 Å². The van der Waals surface area contributed by atoms with E-state index in [0.29, 0.717) is 25.2 Å². The van der Waals surface area contributed by atoms with Crippen molar-refractivity contribution < 1.29 is 14.7 Å². The van der Waals surface area contributed by atoms with Crippen LogP contribution in [0.2, 0.25) is 0 Å². The van der Waals surface area contributed by atoms with Gasteiger partial charge in [-0.15, -0.1) is 0 Å². The van der Waals surface area contributed by atoms with E-state index >= 15 is 0 Å². The molecule has 0 radical (unpaired) electrons. The Hall–Kier alpha value is -1.64. The number of carboxylic acid groups (broad SMARTS) is 1. The monoisotopic (exact) mass is 346 g/mol. The van der Waals surface area contributed by atoms with Crippen LogP contribution in [0.1, 0.15) is 86.3 Å². The van der Waals surface area contributed by atoms with Gasteiger partial charge in [-0.05, 0) is 70.4 Å². The summed E-state index contributed by atoms with van der Waals surface area (Å²) in [6, 6.07) is 4.10. The lowest BCUT2D eigenvalue weighted by Crippen LogP contribution is -2.28. The molecule has 0 bridgehead atoms. The molecule has 1 aromatic carbocycles. The predicted molar refractivity (Wildman–Crippen MR) is 103 cm³/mol. The first-order valence-corrected chi connectivity index (χ1v) is 9.41. The van der Waals surface area contributed by atoms with Crippen molar-refractivity contribution in [2.45, 2.75) is 80.1 Å². The zero-order valence-electron chi connectivity index (χ0n) is 16.7. The number of hydrogen-bond donors (Lipinski definition) is 1. The second-order valence-corrected chi connectivity index (χ2v) is 8.20. The van der Waals surface area contributed by atoms with Crippen LogP contribution in [0, 0.1) is 32.1 Å². The molecule has 1 N–H and O–H groups in total. The van der Waals surface area contributed by atoms with E-state index in [1.807, 2.05) is 39.8 Å². The summed E-state index contributed by atoms with van der Waals surface area (Å²) < 4.78 is 0. The van der Waals surface area contributed by atoms with Gasteiger partial charge < -0.3 is 5.11 Å². The molecule has 1 unspecified atom stereocenters. The van der Waals surface area contributed by atoms with Crippen molar-refractivity contribution in [2.75, 3.05) is 0 Å². The summed E-state index contributed by atoms with van der Waals surface area (Å²) in [5.41, 5.74) is 3.41. The maximum Gasteiger partial charge on any atom is 0.309 e. The number of aliphatic carboxylic acids is 1. The second-order valence-electron chi connectivity index (χ2n) is 8.20. The topological polar surface area (TPSA) is 54.4 Å². The van der Waals surface area contributed by atoms with E-state index in [-0.39, 0.29) is 5.78 Å². The van der Waals surface area contributed by atoms with Crippen LogP contribution >= 0.6 is 0 Å². The molecule has 0 spiro atoms. The standard InChI is InChI=1S/C22H34O3/c1-15(2)10-12-22(6,21(24)25)11-8-7-9-19(23)20-17(4)13-16(3)14-18(20)5/h13-15H,7-12H2,1-6H3,(H,24,25). The molecule has 0 saturated carbocycles. The van der Waals surface area contributed by atoms with E-state index in [1.165, 1.54) is 5.56 Å². The molecular weight excluding hydrogens is 312 g/mol. The van der Waals surface area contributed by atoms with Crippen LogP contribution in [0.5, 0.6) is 0 Å². The average Bonchev–Trinajstić information content (AvgIpc) is 2.48. The minimum absolute atomic E-state index is 0.175. The normalized spacial score (nSPS) is 13.7. The molecule has 140 valence electrons. The fraction of sp³-hybridized carbons (Fsp3) is 0.636. The van der Waals surface area contributed by atoms with Gasteiger partial charge in [0.25, 0.3) is 0 Å². The third kappa shape index (κ3) is 6.30. The van der Waals surface area contributed by atoms with Crippen LogP contribution in [0.3, 0.4) is 0 Å². The van der Waals surface area contributed by atoms with Gasteiger partial charge in [-0.3, -0.25) is 9.59 Å². The van der Waals surface area contributed by atoms with Crippen LogP contribution in [-0.4, -0.2) is 16.9 Å². The highest BCUT2D eigenvalue weighted by atomic mass is 16.4. The quantitative estimate of drug-likeness (QED) is 0.425. The molecule has 25 heavy (non-hydrogen) atoms. The summed E-state index contributed by atoms with van der Waals surface area (Å²) in [7, 11) is 0. The van der Waals surface area contributed by atoms with Crippen LogP contribution < -0.4 is 0 Å². The number of carboxylic acids is 1. The third-order valence-corrected chi connectivity index (χ3v) is 5.13.